The summed E-state index contributed by atoms with van der Waals surface area (Å²) in [6, 6.07) is 6.82. The van der Waals surface area contributed by atoms with Crippen molar-refractivity contribution in [3.63, 3.8) is 0 Å². The quantitative estimate of drug-likeness (QED) is 0.665. The summed E-state index contributed by atoms with van der Waals surface area (Å²) in [5.41, 5.74) is 1.58. The lowest BCUT2D eigenvalue weighted by Gasteiger charge is -2.14. The predicted octanol–water partition coefficient (Wildman–Crippen LogP) is 5.37. The van der Waals surface area contributed by atoms with Crippen LogP contribution < -0.4 is 14.8 Å². The molecule has 2 rings (SSSR count). The van der Waals surface area contributed by atoms with E-state index < -0.39 is 0 Å². The lowest BCUT2D eigenvalue weighted by atomic mass is 10.2. The van der Waals surface area contributed by atoms with Crippen LogP contribution >= 0.6 is 34.8 Å². The molecule has 0 aliphatic rings. The van der Waals surface area contributed by atoms with Gasteiger partial charge in [0.15, 0.2) is 17.2 Å². The number of aromatic hydroxyl groups is 1. The summed E-state index contributed by atoms with van der Waals surface area (Å²) in [7, 11) is 1.56. The second-order valence-corrected chi connectivity index (χ2v) is 5.91. The minimum atomic E-state index is -0.135. The van der Waals surface area contributed by atoms with Crippen LogP contribution in [0.5, 0.6) is 17.2 Å². The SMILES string of the molecule is CCOc1c(Cl)cc(CNc2cc(Cl)c(O)c(Cl)c2)cc1OC. The van der Waals surface area contributed by atoms with Gasteiger partial charge in [0.05, 0.1) is 28.8 Å². The summed E-state index contributed by atoms with van der Waals surface area (Å²) < 4.78 is 10.8. The molecule has 2 aromatic carbocycles. The van der Waals surface area contributed by atoms with Gasteiger partial charge in [-0.25, -0.2) is 0 Å². The number of ether oxygens (including phenoxy) is 2. The molecule has 0 saturated heterocycles. The third-order valence-corrected chi connectivity index (χ3v) is 3.95. The van der Waals surface area contributed by atoms with Crippen molar-refractivity contribution in [1.82, 2.24) is 0 Å². The summed E-state index contributed by atoms with van der Waals surface area (Å²) in [6.45, 7) is 2.85. The van der Waals surface area contributed by atoms with E-state index >= 15 is 0 Å². The maximum atomic E-state index is 9.56. The largest absolute Gasteiger partial charge is 0.505 e. The molecule has 0 bridgehead atoms. The van der Waals surface area contributed by atoms with Crippen molar-refractivity contribution in [1.29, 1.82) is 0 Å². The fourth-order valence-electron chi connectivity index (χ4n) is 2.03. The van der Waals surface area contributed by atoms with Crippen molar-refractivity contribution in [3.8, 4) is 17.2 Å². The van der Waals surface area contributed by atoms with Crippen LogP contribution in [0.2, 0.25) is 15.1 Å². The number of phenols is 1. The molecule has 0 amide bonds. The molecule has 0 unspecified atom stereocenters. The molecule has 0 atom stereocenters. The van der Waals surface area contributed by atoms with Gasteiger partial charge < -0.3 is 19.9 Å². The highest BCUT2D eigenvalue weighted by Crippen LogP contribution is 2.37. The number of phenolic OH excluding ortho intramolecular Hbond substituents is 1. The average Bonchev–Trinajstić information content (AvgIpc) is 2.52. The third-order valence-electron chi connectivity index (χ3n) is 3.09. The molecule has 7 heteroatoms. The van der Waals surface area contributed by atoms with Gasteiger partial charge in [0.25, 0.3) is 0 Å². The molecule has 0 spiro atoms. The standard InChI is InChI=1S/C16H16Cl3NO3/c1-3-23-16-13(19)4-9(5-14(16)22-2)8-20-10-6-11(17)15(21)12(18)7-10/h4-7,20-21H,3,8H2,1-2H3. The van der Waals surface area contributed by atoms with Crippen LogP contribution in [0.3, 0.4) is 0 Å². The van der Waals surface area contributed by atoms with E-state index in [0.717, 1.165) is 5.56 Å². The Morgan fingerprint density at radius 2 is 1.70 bits per heavy atom. The van der Waals surface area contributed by atoms with Crippen molar-refractivity contribution in [2.75, 3.05) is 19.0 Å². The topological polar surface area (TPSA) is 50.7 Å². The maximum absolute atomic E-state index is 9.56. The highest BCUT2D eigenvalue weighted by atomic mass is 35.5. The zero-order valence-electron chi connectivity index (χ0n) is 12.6. The highest BCUT2D eigenvalue weighted by molar-refractivity contribution is 6.37. The van der Waals surface area contributed by atoms with Crippen molar-refractivity contribution in [3.05, 3.63) is 44.9 Å². The molecule has 2 N–H and O–H groups in total. The first-order valence-electron chi connectivity index (χ1n) is 6.87. The van der Waals surface area contributed by atoms with Crippen LogP contribution in [0.25, 0.3) is 0 Å². The minimum Gasteiger partial charge on any atom is -0.505 e. The lowest BCUT2D eigenvalue weighted by molar-refractivity contribution is 0.311. The molecule has 0 fully saturated rings. The van der Waals surface area contributed by atoms with Crippen LogP contribution in [0.15, 0.2) is 24.3 Å². The molecule has 0 heterocycles. The second-order valence-electron chi connectivity index (χ2n) is 4.68. The Balaban J connectivity index is 2.19. The van der Waals surface area contributed by atoms with Gasteiger partial charge in [-0.05, 0) is 36.8 Å². The number of benzene rings is 2. The average molecular weight is 377 g/mol. The molecule has 4 nitrogen and oxygen atoms in total. The van der Waals surface area contributed by atoms with Gasteiger partial charge in [0.2, 0.25) is 0 Å². The monoisotopic (exact) mass is 375 g/mol. The zero-order valence-corrected chi connectivity index (χ0v) is 14.9. The normalized spacial score (nSPS) is 10.5. The molecule has 124 valence electrons. The summed E-state index contributed by atoms with van der Waals surface area (Å²) in [6.07, 6.45) is 0. The Morgan fingerprint density at radius 1 is 1.04 bits per heavy atom. The number of halogens is 3. The first-order valence-corrected chi connectivity index (χ1v) is 8.00. The smallest absolute Gasteiger partial charge is 0.179 e. The third kappa shape index (κ3) is 4.28. The fraction of sp³-hybridized carbons (Fsp3) is 0.250. The number of anilines is 1. The Bertz CT molecular complexity index is 684. The van der Waals surface area contributed by atoms with Crippen LogP contribution in [0.4, 0.5) is 5.69 Å². The molecule has 0 aromatic heterocycles. The van der Waals surface area contributed by atoms with E-state index in [1.807, 2.05) is 13.0 Å². The van der Waals surface area contributed by atoms with Crippen LogP contribution in [-0.2, 0) is 6.54 Å². The van der Waals surface area contributed by atoms with Gasteiger partial charge in [-0.2, -0.15) is 0 Å². The Morgan fingerprint density at radius 3 is 2.26 bits per heavy atom. The van der Waals surface area contributed by atoms with E-state index in [1.165, 1.54) is 0 Å². The van der Waals surface area contributed by atoms with Crippen LogP contribution in [0, 0.1) is 0 Å². The van der Waals surface area contributed by atoms with E-state index in [4.69, 9.17) is 44.3 Å². The van der Waals surface area contributed by atoms with Crippen molar-refractivity contribution < 1.29 is 14.6 Å². The predicted molar refractivity (Wildman–Crippen MR) is 94.6 cm³/mol. The minimum absolute atomic E-state index is 0.135. The van der Waals surface area contributed by atoms with Gasteiger partial charge >= 0.3 is 0 Å². The van der Waals surface area contributed by atoms with E-state index in [0.29, 0.717) is 35.4 Å². The van der Waals surface area contributed by atoms with Crippen molar-refractivity contribution >= 4 is 40.5 Å². The van der Waals surface area contributed by atoms with Crippen molar-refractivity contribution in [2.24, 2.45) is 0 Å². The fourth-order valence-corrected chi connectivity index (χ4v) is 2.81. The second kappa shape index (κ2) is 7.86. The Hall–Kier alpha value is -1.49. The van der Waals surface area contributed by atoms with Gasteiger partial charge in [-0.15, -0.1) is 0 Å². The highest BCUT2D eigenvalue weighted by Gasteiger charge is 2.12. The number of hydrogen-bond acceptors (Lipinski definition) is 4. The Kier molecular flexibility index (Phi) is 6.10. The summed E-state index contributed by atoms with van der Waals surface area (Å²) in [5.74, 6) is 0.957. The van der Waals surface area contributed by atoms with E-state index in [2.05, 4.69) is 5.32 Å². The van der Waals surface area contributed by atoms with Gasteiger partial charge in [-0.3, -0.25) is 0 Å². The van der Waals surface area contributed by atoms with E-state index in [1.54, 1.807) is 25.3 Å². The summed E-state index contributed by atoms with van der Waals surface area (Å²) in [4.78, 5) is 0. The number of hydrogen-bond donors (Lipinski definition) is 2. The molecule has 0 aliphatic heterocycles. The van der Waals surface area contributed by atoms with Gasteiger partial charge in [-0.1, -0.05) is 34.8 Å². The van der Waals surface area contributed by atoms with E-state index in [-0.39, 0.29) is 15.8 Å². The van der Waals surface area contributed by atoms with Crippen LogP contribution in [-0.4, -0.2) is 18.8 Å². The van der Waals surface area contributed by atoms with E-state index in [9.17, 15) is 5.11 Å². The zero-order chi connectivity index (χ0) is 17.0. The number of nitrogens with one attached hydrogen (secondary N) is 1. The first-order chi connectivity index (χ1) is 11.0. The Labute approximate surface area is 149 Å². The molecule has 2 aromatic rings. The van der Waals surface area contributed by atoms with Gasteiger partial charge in [0, 0.05) is 12.2 Å². The molecular weight excluding hydrogens is 361 g/mol. The molecule has 0 saturated carbocycles. The number of methoxy groups -OCH3 is 1. The van der Waals surface area contributed by atoms with Gasteiger partial charge in [0.1, 0.15) is 0 Å². The molecule has 0 radical (unpaired) electrons. The molecule has 0 aliphatic carbocycles. The lowest BCUT2D eigenvalue weighted by Crippen LogP contribution is -2.02. The maximum Gasteiger partial charge on any atom is 0.179 e. The van der Waals surface area contributed by atoms with Crippen molar-refractivity contribution in [2.45, 2.75) is 13.5 Å². The molecule has 23 heavy (non-hydrogen) atoms. The number of rotatable bonds is 6. The first kappa shape index (κ1) is 17.9. The molecular formula is C16H16Cl3NO3. The van der Waals surface area contributed by atoms with Crippen LogP contribution in [0.1, 0.15) is 12.5 Å². The summed E-state index contributed by atoms with van der Waals surface area (Å²) in [5, 5.41) is 13.6. The summed E-state index contributed by atoms with van der Waals surface area (Å²) >= 11 is 18.0.